The van der Waals surface area contributed by atoms with Gasteiger partial charge in [0.2, 0.25) is 0 Å². The SMILES string of the molecule is Cc1c(Cl)cccc1CS(=O)(=O)C1CCOC1. The molecular formula is C12H15ClO3S. The van der Waals surface area contributed by atoms with Gasteiger partial charge in [-0.15, -0.1) is 0 Å². The van der Waals surface area contributed by atoms with Crippen molar-refractivity contribution in [3.8, 4) is 0 Å². The van der Waals surface area contributed by atoms with Crippen LogP contribution >= 0.6 is 11.6 Å². The van der Waals surface area contributed by atoms with Crippen molar-refractivity contribution in [3.63, 3.8) is 0 Å². The van der Waals surface area contributed by atoms with Crippen LogP contribution in [0.3, 0.4) is 0 Å². The lowest BCUT2D eigenvalue weighted by Gasteiger charge is -2.12. The molecule has 3 nitrogen and oxygen atoms in total. The second-order valence-corrected chi connectivity index (χ2v) is 7.01. The highest BCUT2D eigenvalue weighted by atomic mass is 35.5. The predicted molar refractivity (Wildman–Crippen MR) is 68.0 cm³/mol. The highest BCUT2D eigenvalue weighted by molar-refractivity contribution is 7.91. The van der Waals surface area contributed by atoms with Crippen molar-refractivity contribution in [1.82, 2.24) is 0 Å². The van der Waals surface area contributed by atoms with Gasteiger partial charge in [0, 0.05) is 11.6 Å². The van der Waals surface area contributed by atoms with E-state index in [1.54, 1.807) is 12.1 Å². The van der Waals surface area contributed by atoms with Crippen LogP contribution in [0.25, 0.3) is 0 Å². The summed E-state index contributed by atoms with van der Waals surface area (Å²) >= 11 is 5.98. The molecule has 0 bridgehead atoms. The summed E-state index contributed by atoms with van der Waals surface area (Å²) in [7, 11) is -3.14. The first-order chi connectivity index (χ1) is 8.00. The molecule has 1 atom stereocenters. The van der Waals surface area contributed by atoms with E-state index in [1.807, 2.05) is 13.0 Å². The summed E-state index contributed by atoms with van der Waals surface area (Å²) in [5.41, 5.74) is 1.63. The molecule has 1 aliphatic heterocycles. The molecule has 1 aromatic rings. The van der Waals surface area contributed by atoms with Crippen molar-refractivity contribution in [2.75, 3.05) is 13.2 Å². The number of sulfone groups is 1. The van der Waals surface area contributed by atoms with Crippen LogP contribution in [0.2, 0.25) is 5.02 Å². The Bertz CT molecular complexity index is 504. The highest BCUT2D eigenvalue weighted by Crippen LogP contribution is 2.24. The van der Waals surface area contributed by atoms with Crippen LogP contribution in [0.15, 0.2) is 18.2 Å². The number of hydrogen-bond donors (Lipinski definition) is 0. The van der Waals surface area contributed by atoms with Crippen LogP contribution in [0, 0.1) is 6.92 Å². The molecule has 0 aromatic heterocycles. The first-order valence-corrected chi connectivity index (χ1v) is 7.63. The van der Waals surface area contributed by atoms with Crippen LogP contribution in [0.5, 0.6) is 0 Å². The molecule has 2 rings (SSSR count). The maximum Gasteiger partial charge on any atom is 0.159 e. The summed E-state index contributed by atoms with van der Waals surface area (Å²) in [5, 5.41) is 0.251. The third-order valence-corrected chi connectivity index (χ3v) is 5.64. The van der Waals surface area contributed by atoms with Crippen molar-refractivity contribution >= 4 is 21.4 Å². The Labute approximate surface area is 107 Å². The largest absolute Gasteiger partial charge is 0.380 e. The Morgan fingerprint density at radius 1 is 1.47 bits per heavy atom. The van der Waals surface area contributed by atoms with Crippen LogP contribution in [0.1, 0.15) is 17.5 Å². The molecule has 94 valence electrons. The van der Waals surface area contributed by atoms with Crippen molar-refractivity contribution in [1.29, 1.82) is 0 Å². The summed E-state index contributed by atoms with van der Waals surface area (Å²) in [5.74, 6) is 0.0490. The Kier molecular flexibility index (Phi) is 3.76. The van der Waals surface area contributed by atoms with E-state index in [0.29, 0.717) is 24.7 Å². The van der Waals surface area contributed by atoms with Crippen LogP contribution in [0.4, 0.5) is 0 Å². The van der Waals surface area contributed by atoms with E-state index >= 15 is 0 Å². The van der Waals surface area contributed by atoms with Gasteiger partial charge in [-0.1, -0.05) is 23.7 Å². The van der Waals surface area contributed by atoms with Gasteiger partial charge in [-0.3, -0.25) is 0 Å². The lowest BCUT2D eigenvalue weighted by atomic mass is 10.1. The number of halogens is 1. The van der Waals surface area contributed by atoms with Gasteiger partial charge in [-0.25, -0.2) is 8.42 Å². The van der Waals surface area contributed by atoms with Crippen LogP contribution in [-0.4, -0.2) is 26.9 Å². The molecule has 1 saturated heterocycles. The molecular weight excluding hydrogens is 260 g/mol. The molecule has 17 heavy (non-hydrogen) atoms. The summed E-state index contributed by atoms with van der Waals surface area (Å²) in [6.07, 6.45) is 0.599. The maximum absolute atomic E-state index is 12.1. The Morgan fingerprint density at radius 3 is 2.88 bits per heavy atom. The molecule has 1 aromatic carbocycles. The maximum atomic E-state index is 12.1. The normalized spacial score (nSPS) is 20.7. The van der Waals surface area contributed by atoms with Crippen molar-refractivity contribution in [2.24, 2.45) is 0 Å². The molecule has 1 aliphatic rings. The molecule has 0 spiro atoms. The van der Waals surface area contributed by atoms with Crippen LogP contribution in [-0.2, 0) is 20.3 Å². The zero-order valence-electron chi connectivity index (χ0n) is 9.65. The quantitative estimate of drug-likeness (QED) is 0.850. The van der Waals surface area contributed by atoms with Gasteiger partial charge in [0.15, 0.2) is 9.84 Å². The van der Waals surface area contributed by atoms with E-state index in [1.165, 1.54) is 0 Å². The second kappa shape index (κ2) is 4.96. The van der Waals surface area contributed by atoms with Crippen molar-refractivity contribution < 1.29 is 13.2 Å². The van der Waals surface area contributed by atoms with E-state index in [9.17, 15) is 8.42 Å². The minimum Gasteiger partial charge on any atom is -0.380 e. The Balaban J connectivity index is 2.23. The third kappa shape index (κ3) is 2.81. The van der Waals surface area contributed by atoms with Gasteiger partial charge in [0.1, 0.15) is 0 Å². The monoisotopic (exact) mass is 274 g/mol. The minimum absolute atomic E-state index is 0.0490. The Hall–Kier alpha value is -0.580. The average molecular weight is 275 g/mol. The standard InChI is InChI=1S/C12H15ClO3S/c1-9-10(3-2-4-12(9)13)8-17(14,15)11-5-6-16-7-11/h2-4,11H,5-8H2,1H3. The molecule has 0 amide bonds. The van der Waals surface area contributed by atoms with Crippen molar-refractivity contribution in [3.05, 3.63) is 34.3 Å². The zero-order valence-corrected chi connectivity index (χ0v) is 11.2. The summed E-state index contributed by atoms with van der Waals surface area (Å²) in [4.78, 5) is 0. The number of rotatable bonds is 3. The average Bonchev–Trinajstić information content (AvgIpc) is 2.78. The van der Waals surface area contributed by atoms with Gasteiger partial charge in [-0.05, 0) is 30.5 Å². The van der Waals surface area contributed by atoms with E-state index in [-0.39, 0.29) is 11.0 Å². The summed E-state index contributed by atoms with van der Waals surface area (Å²) < 4.78 is 29.4. The predicted octanol–water partition coefficient (Wildman–Crippen LogP) is 2.35. The lowest BCUT2D eigenvalue weighted by Crippen LogP contribution is -2.23. The first-order valence-electron chi connectivity index (χ1n) is 5.54. The second-order valence-electron chi connectivity index (χ2n) is 4.32. The molecule has 0 N–H and O–H groups in total. The van der Waals surface area contributed by atoms with Gasteiger partial charge in [0.05, 0.1) is 17.6 Å². The first kappa shape index (κ1) is 12.9. The molecule has 0 radical (unpaired) electrons. The number of ether oxygens (including phenoxy) is 1. The fourth-order valence-corrected chi connectivity index (χ4v) is 3.87. The van der Waals surface area contributed by atoms with Gasteiger partial charge < -0.3 is 4.74 Å². The smallest absolute Gasteiger partial charge is 0.159 e. The molecule has 1 unspecified atom stereocenters. The highest BCUT2D eigenvalue weighted by Gasteiger charge is 2.30. The van der Waals surface area contributed by atoms with Crippen LogP contribution < -0.4 is 0 Å². The summed E-state index contributed by atoms with van der Waals surface area (Å²) in [6, 6.07) is 5.37. The fraction of sp³-hybridized carbons (Fsp3) is 0.500. The topological polar surface area (TPSA) is 43.4 Å². The summed E-state index contributed by atoms with van der Waals surface area (Å²) in [6.45, 7) is 2.71. The molecule has 1 heterocycles. The fourth-order valence-electron chi connectivity index (χ4n) is 1.94. The third-order valence-electron chi connectivity index (χ3n) is 3.13. The number of benzene rings is 1. The van der Waals surface area contributed by atoms with Gasteiger partial charge >= 0.3 is 0 Å². The van der Waals surface area contributed by atoms with E-state index in [4.69, 9.17) is 16.3 Å². The number of hydrogen-bond acceptors (Lipinski definition) is 3. The van der Waals surface area contributed by atoms with E-state index in [2.05, 4.69) is 0 Å². The molecule has 0 aliphatic carbocycles. The lowest BCUT2D eigenvalue weighted by molar-refractivity contribution is 0.198. The van der Waals surface area contributed by atoms with Gasteiger partial charge in [-0.2, -0.15) is 0 Å². The van der Waals surface area contributed by atoms with Gasteiger partial charge in [0.25, 0.3) is 0 Å². The molecule has 1 fully saturated rings. The molecule has 0 saturated carbocycles. The minimum atomic E-state index is -3.14. The van der Waals surface area contributed by atoms with Crippen molar-refractivity contribution in [2.45, 2.75) is 24.3 Å². The zero-order chi connectivity index (χ0) is 12.5. The molecule has 5 heteroatoms. The Morgan fingerprint density at radius 2 is 2.24 bits per heavy atom. The van der Waals surface area contributed by atoms with E-state index in [0.717, 1.165) is 11.1 Å². The van der Waals surface area contributed by atoms with E-state index < -0.39 is 9.84 Å².